The summed E-state index contributed by atoms with van der Waals surface area (Å²) in [4.78, 5) is 30.3. The third-order valence-electron chi connectivity index (χ3n) is 5.44. The number of hydrogen-bond donors (Lipinski definition) is 0. The minimum Gasteiger partial charge on any atom is -0.366 e. The highest BCUT2D eigenvalue weighted by atomic mass is 16.6. The van der Waals surface area contributed by atoms with Crippen LogP contribution in [-0.2, 0) is 0 Å². The molecule has 2 saturated heterocycles. The van der Waals surface area contributed by atoms with Crippen molar-refractivity contribution >= 4 is 17.2 Å². The number of piperidine rings is 1. The molecule has 1 aromatic carbocycles. The number of benzene rings is 1. The van der Waals surface area contributed by atoms with Crippen molar-refractivity contribution in [2.24, 2.45) is 0 Å². The van der Waals surface area contributed by atoms with Crippen LogP contribution in [0.5, 0.6) is 0 Å². The molecule has 2 aliphatic heterocycles. The second-order valence-electron chi connectivity index (χ2n) is 7.33. The highest BCUT2D eigenvalue weighted by Gasteiger charge is 2.23. The van der Waals surface area contributed by atoms with Gasteiger partial charge in [0, 0.05) is 63.9 Å². The predicted molar refractivity (Wildman–Crippen MR) is 102 cm³/mol. The number of hydrogen-bond acceptors (Lipinski definition) is 6. The van der Waals surface area contributed by atoms with E-state index in [4.69, 9.17) is 0 Å². The van der Waals surface area contributed by atoms with Crippen LogP contribution in [0, 0.1) is 10.1 Å². The fourth-order valence-corrected chi connectivity index (χ4v) is 3.72. The Morgan fingerprint density at radius 1 is 1.08 bits per heavy atom. The number of anilines is 1. The lowest BCUT2D eigenvalue weighted by molar-refractivity contribution is -0.384. The smallest absolute Gasteiger partial charge is 0.293 e. The zero-order valence-electron chi connectivity index (χ0n) is 15.5. The number of carbonyl (C=O) groups is 1. The third kappa shape index (κ3) is 4.59. The van der Waals surface area contributed by atoms with Gasteiger partial charge in [0.15, 0.2) is 5.78 Å². The Kier molecular flexibility index (Phi) is 6.21. The summed E-state index contributed by atoms with van der Waals surface area (Å²) in [5, 5.41) is 11.5. The third-order valence-corrected chi connectivity index (χ3v) is 5.44. The molecule has 0 spiro atoms. The number of piperazine rings is 1. The summed E-state index contributed by atoms with van der Waals surface area (Å²) in [5.41, 5.74) is 1.15. The minimum atomic E-state index is -0.360. The molecule has 0 bridgehead atoms. The van der Waals surface area contributed by atoms with E-state index in [0.29, 0.717) is 24.2 Å². The van der Waals surface area contributed by atoms with Crippen molar-refractivity contribution in [1.29, 1.82) is 0 Å². The Hall–Kier alpha value is -1.99. The van der Waals surface area contributed by atoms with Crippen LogP contribution in [0.15, 0.2) is 18.2 Å². The molecule has 0 aromatic heterocycles. The molecular weight excluding hydrogens is 332 g/mol. The molecule has 2 heterocycles. The van der Waals surface area contributed by atoms with E-state index in [2.05, 4.69) is 21.7 Å². The molecule has 2 fully saturated rings. The van der Waals surface area contributed by atoms with Gasteiger partial charge < -0.3 is 14.7 Å². The van der Waals surface area contributed by atoms with E-state index < -0.39 is 0 Å². The first kappa shape index (κ1) is 18.8. The first-order valence-electron chi connectivity index (χ1n) is 9.52. The van der Waals surface area contributed by atoms with Gasteiger partial charge in [-0.15, -0.1) is 0 Å². The Balaban J connectivity index is 1.66. The normalized spacial score (nSPS) is 19.5. The fourth-order valence-electron chi connectivity index (χ4n) is 3.72. The summed E-state index contributed by atoms with van der Waals surface area (Å²) in [7, 11) is 2.10. The van der Waals surface area contributed by atoms with E-state index >= 15 is 0 Å². The number of ketones is 1. The quantitative estimate of drug-likeness (QED) is 0.441. The van der Waals surface area contributed by atoms with Crippen molar-refractivity contribution < 1.29 is 9.72 Å². The first-order chi connectivity index (χ1) is 12.5. The van der Waals surface area contributed by atoms with Gasteiger partial charge in [-0.1, -0.05) is 0 Å². The van der Waals surface area contributed by atoms with Gasteiger partial charge in [-0.05, 0) is 38.4 Å². The monoisotopic (exact) mass is 360 g/mol. The zero-order valence-corrected chi connectivity index (χ0v) is 15.5. The molecule has 0 radical (unpaired) electrons. The fraction of sp³-hybridized carbons (Fsp3) is 0.632. The standard InChI is InChI=1S/C19H28N4O3/c1-20-11-13-21(14-12-20)10-7-19(24)16-5-6-17(18(15-16)23(25)26)22-8-3-2-4-9-22/h5-6,15H,2-4,7-14H2,1H3. The molecular formula is C19H28N4O3. The molecule has 0 amide bonds. The van der Waals surface area contributed by atoms with Crippen molar-refractivity contribution in [2.45, 2.75) is 25.7 Å². The van der Waals surface area contributed by atoms with Crippen molar-refractivity contribution in [3.8, 4) is 0 Å². The summed E-state index contributed by atoms with van der Waals surface area (Å²) < 4.78 is 0. The van der Waals surface area contributed by atoms with Gasteiger partial charge in [-0.2, -0.15) is 0 Å². The number of likely N-dealkylation sites (N-methyl/N-ethyl adjacent to an activating group) is 1. The van der Waals surface area contributed by atoms with E-state index in [1.165, 1.54) is 12.5 Å². The van der Waals surface area contributed by atoms with Gasteiger partial charge in [0.25, 0.3) is 5.69 Å². The molecule has 0 aliphatic carbocycles. The Labute approximate surface area is 154 Å². The molecule has 7 nitrogen and oxygen atoms in total. The van der Waals surface area contributed by atoms with Crippen molar-refractivity contribution in [3.63, 3.8) is 0 Å². The number of nitro groups is 1. The van der Waals surface area contributed by atoms with Gasteiger partial charge in [-0.3, -0.25) is 14.9 Å². The predicted octanol–water partition coefficient (Wildman–Crippen LogP) is 2.41. The van der Waals surface area contributed by atoms with Gasteiger partial charge in [-0.25, -0.2) is 0 Å². The number of Topliss-reactive ketones (excluding diaryl/α,β-unsaturated/α-hetero) is 1. The molecule has 2 aliphatic rings. The Morgan fingerprint density at radius 3 is 2.42 bits per heavy atom. The van der Waals surface area contributed by atoms with Crippen molar-refractivity contribution in [1.82, 2.24) is 9.80 Å². The Bertz CT molecular complexity index is 650. The maximum absolute atomic E-state index is 12.5. The molecule has 0 N–H and O–H groups in total. The first-order valence-corrected chi connectivity index (χ1v) is 9.52. The zero-order chi connectivity index (χ0) is 18.5. The molecule has 26 heavy (non-hydrogen) atoms. The van der Waals surface area contributed by atoms with Crippen LogP contribution in [0.3, 0.4) is 0 Å². The topological polar surface area (TPSA) is 69.9 Å². The van der Waals surface area contributed by atoms with Crippen LogP contribution in [0.1, 0.15) is 36.0 Å². The average molecular weight is 360 g/mol. The maximum Gasteiger partial charge on any atom is 0.293 e. The molecule has 3 rings (SSSR count). The van der Waals surface area contributed by atoms with Crippen LogP contribution in [-0.4, -0.2) is 73.4 Å². The molecule has 1 aromatic rings. The van der Waals surface area contributed by atoms with Crippen LogP contribution < -0.4 is 4.90 Å². The number of nitrogens with zero attached hydrogens (tertiary/aromatic N) is 4. The van der Waals surface area contributed by atoms with E-state index in [0.717, 1.165) is 52.1 Å². The van der Waals surface area contributed by atoms with Crippen LogP contribution >= 0.6 is 0 Å². The maximum atomic E-state index is 12.5. The molecule has 142 valence electrons. The van der Waals surface area contributed by atoms with Gasteiger partial charge in [0.2, 0.25) is 0 Å². The molecule has 0 saturated carbocycles. The van der Waals surface area contributed by atoms with Crippen LogP contribution in [0.2, 0.25) is 0 Å². The van der Waals surface area contributed by atoms with Gasteiger partial charge in [0.05, 0.1) is 4.92 Å². The van der Waals surface area contributed by atoms with E-state index in [-0.39, 0.29) is 16.4 Å². The van der Waals surface area contributed by atoms with Crippen LogP contribution in [0.25, 0.3) is 0 Å². The number of nitro benzene ring substituents is 1. The highest BCUT2D eigenvalue weighted by Crippen LogP contribution is 2.31. The summed E-state index contributed by atoms with van der Waals surface area (Å²) >= 11 is 0. The van der Waals surface area contributed by atoms with Crippen LogP contribution in [0.4, 0.5) is 11.4 Å². The average Bonchev–Trinajstić information content (AvgIpc) is 2.67. The lowest BCUT2D eigenvalue weighted by atomic mass is 10.0. The lowest BCUT2D eigenvalue weighted by Crippen LogP contribution is -2.45. The minimum absolute atomic E-state index is 0.0165. The van der Waals surface area contributed by atoms with E-state index in [1.54, 1.807) is 12.1 Å². The summed E-state index contributed by atoms with van der Waals surface area (Å²) in [5.74, 6) is -0.0165. The molecule has 0 unspecified atom stereocenters. The summed E-state index contributed by atoms with van der Waals surface area (Å²) in [6.45, 7) is 6.38. The van der Waals surface area contributed by atoms with Crippen molar-refractivity contribution in [3.05, 3.63) is 33.9 Å². The molecule has 0 atom stereocenters. The summed E-state index contributed by atoms with van der Waals surface area (Å²) in [6, 6.07) is 4.98. The number of rotatable bonds is 6. The second kappa shape index (κ2) is 8.60. The van der Waals surface area contributed by atoms with E-state index in [9.17, 15) is 14.9 Å². The second-order valence-corrected chi connectivity index (χ2v) is 7.33. The highest BCUT2D eigenvalue weighted by molar-refractivity contribution is 5.97. The Morgan fingerprint density at radius 2 is 1.77 bits per heavy atom. The van der Waals surface area contributed by atoms with E-state index in [1.807, 2.05) is 0 Å². The SMILES string of the molecule is CN1CCN(CCC(=O)c2ccc(N3CCCCC3)c([N+](=O)[O-])c2)CC1. The summed E-state index contributed by atoms with van der Waals surface area (Å²) in [6.07, 6.45) is 3.70. The molecule has 7 heteroatoms. The van der Waals surface area contributed by atoms with Gasteiger partial charge in [0.1, 0.15) is 5.69 Å². The number of carbonyl (C=O) groups excluding carboxylic acids is 1. The van der Waals surface area contributed by atoms with Crippen molar-refractivity contribution in [2.75, 3.05) is 57.8 Å². The largest absolute Gasteiger partial charge is 0.366 e. The van der Waals surface area contributed by atoms with Gasteiger partial charge >= 0.3 is 0 Å². The lowest BCUT2D eigenvalue weighted by Gasteiger charge is -2.32.